The molecule has 17 heavy (non-hydrogen) atoms. The Labute approximate surface area is 101 Å². The van der Waals surface area contributed by atoms with Gasteiger partial charge in [-0.2, -0.15) is 0 Å². The first kappa shape index (κ1) is 11.4. The maximum atomic E-state index is 10.7. The molecule has 3 N–H and O–H groups in total. The number of rotatable bonds is 3. The molecule has 2 aromatic rings. The van der Waals surface area contributed by atoms with E-state index < -0.39 is 5.97 Å². The van der Waals surface area contributed by atoms with Crippen LogP contribution in [0.3, 0.4) is 0 Å². The SMILES string of the molecule is Cn1cnnc1Sc1ncc(C(=O)O)cc1N. The summed E-state index contributed by atoms with van der Waals surface area (Å²) in [4.78, 5) is 14.7. The van der Waals surface area contributed by atoms with Gasteiger partial charge in [0.25, 0.3) is 0 Å². The molecule has 2 aromatic heterocycles. The van der Waals surface area contributed by atoms with Crippen LogP contribution in [0.4, 0.5) is 5.69 Å². The Morgan fingerprint density at radius 2 is 2.35 bits per heavy atom. The number of carbonyl (C=O) groups is 1. The molecule has 0 bridgehead atoms. The predicted molar refractivity (Wildman–Crippen MR) is 60.7 cm³/mol. The zero-order chi connectivity index (χ0) is 12.4. The van der Waals surface area contributed by atoms with E-state index in [4.69, 9.17) is 10.8 Å². The molecule has 0 unspecified atom stereocenters. The minimum atomic E-state index is -1.06. The molecule has 0 atom stereocenters. The summed E-state index contributed by atoms with van der Waals surface area (Å²) < 4.78 is 1.72. The summed E-state index contributed by atoms with van der Waals surface area (Å²) in [6.07, 6.45) is 2.82. The largest absolute Gasteiger partial charge is 0.478 e. The molecule has 0 spiro atoms. The average molecular weight is 251 g/mol. The smallest absolute Gasteiger partial charge is 0.337 e. The highest BCUT2D eigenvalue weighted by molar-refractivity contribution is 7.99. The molecule has 0 saturated carbocycles. The maximum absolute atomic E-state index is 10.7. The van der Waals surface area contributed by atoms with Crippen molar-refractivity contribution in [2.45, 2.75) is 10.2 Å². The number of aromatic carboxylic acids is 1. The van der Waals surface area contributed by atoms with E-state index in [1.54, 1.807) is 17.9 Å². The van der Waals surface area contributed by atoms with Crippen molar-refractivity contribution in [2.75, 3.05) is 5.73 Å². The van der Waals surface area contributed by atoms with Crippen molar-refractivity contribution in [3.05, 3.63) is 24.2 Å². The fraction of sp³-hybridized carbons (Fsp3) is 0.111. The van der Waals surface area contributed by atoms with E-state index in [9.17, 15) is 4.79 Å². The molecular weight excluding hydrogens is 242 g/mol. The van der Waals surface area contributed by atoms with Gasteiger partial charge in [0.15, 0.2) is 5.16 Å². The van der Waals surface area contributed by atoms with Gasteiger partial charge in [-0.25, -0.2) is 9.78 Å². The lowest BCUT2D eigenvalue weighted by molar-refractivity contribution is 0.0696. The Morgan fingerprint density at radius 3 is 2.88 bits per heavy atom. The lowest BCUT2D eigenvalue weighted by atomic mass is 10.3. The van der Waals surface area contributed by atoms with Gasteiger partial charge in [0.2, 0.25) is 0 Å². The molecule has 0 aliphatic heterocycles. The summed E-state index contributed by atoms with van der Waals surface area (Å²) in [5.74, 6) is -1.06. The van der Waals surface area contributed by atoms with E-state index in [0.717, 1.165) is 0 Å². The normalized spacial score (nSPS) is 10.4. The molecule has 8 heteroatoms. The second-order valence-corrected chi connectivity index (χ2v) is 4.21. The molecule has 0 aliphatic rings. The molecule has 0 fully saturated rings. The summed E-state index contributed by atoms with van der Waals surface area (Å²) >= 11 is 1.23. The Hall–Kier alpha value is -2.09. The van der Waals surface area contributed by atoms with Gasteiger partial charge in [-0.1, -0.05) is 0 Å². The molecule has 2 rings (SSSR count). The topological polar surface area (TPSA) is 107 Å². The van der Waals surface area contributed by atoms with Crippen molar-refractivity contribution in [3.63, 3.8) is 0 Å². The highest BCUT2D eigenvalue weighted by Crippen LogP contribution is 2.28. The minimum Gasteiger partial charge on any atom is -0.478 e. The van der Waals surface area contributed by atoms with Crippen LogP contribution in [0, 0.1) is 0 Å². The van der Waals surface area contributed by atoms with Gasteiger partial charge in [0.05, 0.1) is 11.3 Å². The van der Waals surface area contributed by atoms with E-state index in [2.05, 4.69) is 15.2 Å². The number of carboxylic acids is 1. The minimum absolute atomic E-state index is 0.0600. The fourth-order valence-corrected chi connectivity index (χ4v) is 1.86. The van der Waals surface area contributed by atoms with Crippen LogP contribution < -0.4 is 5.73 Å². The maximum Gasteiger partial charge on any atom is 0.337 e. The van der Waals surface area contributed by atoms with Gasteiger partial charge in [-0.3, -0.25) is 0 Å². The molecular formula is C9H9N5O2S. The van der Waals surface area contributed by atoms with Crippen molar-refractivity contribution in [2.24, 2.45) is 7.05 Å². The van der Waals surface area contributed by atoms with E-state index in [0.29, 0.717) is 15.9 Å². The number of pyridine rings is 1. The second kappa shape index (κ2) is 4.42. The molecule has 2 heterocycles. The van der Waals surface area contributed by atoms with E-state index in [1.165, 1.54) is 24.0 Å². The molecule has 0 saturated heterocycles. The fourth-order valence-electron chi connectivity index (χ4n) is 1.12. The van der Waals surface area contributed by atoms with Crippen molar-refractivity contribution < 1.29 is 9.90 Å². The molecule has 0 aliphatic carbocycles. The molecule has 0 aromatic carbocycles. The van der Waals surface area contributed by atoms with Gasteiger partial charge in [-0.15, -0.1) is 10.2 Å². The molecule has 0 amide bonds. The van der Waals surface area contributed by atoms with Crippen LogP contribution in [-0.2, 0) is 7.05 Å². The third kappa shape index (κ3) is 2.36. The van der Waals surface area contributed by atoms with E-state index in [-0.39, 0.29) is 5.56 Å². The number of nitrogens with zero attached hydrogens (tertiary/aromatic N) is 4. The zero-order valence-corrected chi connectivity index (χ0v) is 9.68. The van der Waals surface area contributed by atoms with E-state index in [1.807, 2.05) is 0 Å². The van der Waals surface area contributed by atoms with Gasteiger partial charge in [0, 0.05) is 13.2 Å². The van der Waals surface area contributed by atoms with Gasteiger partial charge < -0.3 is 15.4 Å². The molecule has 88 valence electrons. The Morgan fingerprint density at radius 1 is 1.59 bits per heavy atom. The second-order valence-electron chi connectivity index (χ2n) is 3.25. The molecule has 0 radical (unpaired) electrons. The Balaban J connectivity index is 2.29. The number of hydrogen-bond acceptors (Lipinski definition) is 6. The first-order chi connectivity index (χ1) is 8.08. The van der Waals surface area contributed by atoms with Crippen LogP contribution in [0.2, 0.25) is 0 Å². The number of aromatic nitrogens is 4. The first-order valence-electron chi connectivity index (χ1n) is 4.58. The monoisotopic (exact) mass is 251 g/mol. The summed E-state index contributed by atoms with van der Waals surface area (Å²) in [5, 5.41) is 17.5. The average Bonchev–Trinajstić information content (AvgIpc) is 2.67. The number of nitrogen functional groups attached to an aromatic ring is 1. The van der Waals surface area contributed by atoms with Crippen LogP contribution in [0.5, 0.6) is 0 Å². The van der Waals surface area contributed by atoms with Crippen LogP contribution >= 0.6 is 11.8 Å². The molecule has 7 nitrogen and oxygen atoms in total. The van der Waals surface area contributed by atoms with Crippen molar-refractivity contribution in [1.82, 2.24) is 19.7 Å². The van der Waals surface area contributed by atoms with Crippen LogP contribution in [-0.4, -0.2) is 30.8 Å². The van der Waals surface area contributed by atoms with Crippen LogP contribution in [0.15, 0.2) is 28.8 Å². The van der Waals surface area contributed by atoms with E-state index >= 15 is 0 Å². The number of anilines is 1. The van der Waals surface area contributed by atoms with Crippen molar-refractivity contribution in [3.8, 4) is 0 Å². The van der Waals surface area contributed by atoms with Gasteiger partial charge in [0.1, 0.15) is 11.4 Å². The highest BCUT2D eigenvalue weighted by atomic mass is 32.2. The predicted octanol–water partition coefficient (Wildman–Crippen LogP) is 0.642. The number of carboxylic acid groups (broad SMARTS) is 1. The third-order valence-corrected chi connectivity index (χ3v) is 3.07. The zero-order valence-electron chi connectivity index (χ0n) is 8.86. The van der Waals surface area contributed by atoms with Gasteiger partial charge in [-0.05, 0) is 17.8 Å². The summed E-state index contributed by atoms with van der Waals surface area (Å²) in [7, 11) is 1.80. The summed E-state index contributed by atoms with van der Waals surface area (Å²) in [6, 6.07) is 1.37. The number of hydrogen-bond donors (Lipinski definition) is 2. The van der Waals surface area contributed by atoms with Crippen molar-refractivity contribution in [1.29, 1.82) is 0 Å². The van der Waals surface area contributed by atoms with Crippen molar-refractivity contribution >= 4 is 23.4 Å². The standard InChI is InChI=1S/C9H9N5O2S/c1-14-4-12-13-9(14)17-7-6(10)2-5(3-11-7)8(15)16/h2-4H,10H2,1H3,(H,15,16). The number of nitrogens with two attached hydrogens (primary N) is 1. The summed E-state index contributed by atoms with van der Waals surface area (Å²) in [5.41, 5.74) is 6.09. The van der Waals surface area contributed by atoms with Crippen LogP contribution in [0.25, 0.3) is 0 Å². The number of aryl methyl sites for hydroxylation is 1. The lowest BCUT2D eigenvalue weighted by Gasteiger charge is -2.04. The quantitative estimate of drug-likeness (QED) is 0.824. The van der Waals surface area contributed by atoms with Gasteiger partial charge >= 0.3 is 5.97 Å². The third-order valence-electron chi connectivity index (χ3n) is 1.98. The first-order valence-corrected chi connectivity index (χ1v) is 5.40. The lowest BCUT2D eigenvalue weighted by Crippen LogP contribution is -2.01. The Kier molecular flexibility index (Phi) is 2.96. The van der Waals surface area contributed by atoms with Crippen LogP contribution in [0.1, 0.15) is 10.4 Å². The Bertz CT molecular complexity index is 568. The highest BCUT2D eigenvalue weighted by Gasteiger charge is 2.11. The summed E-state index contributed by atoms with van der Waals surface area (Å²) in [6.45, 7) is 0.